The van der Waals surface area contributed by atoms with Gasteiger partial charge in [-0.3, -0.25) is 0 Å². The van der Waals surface area contributed by atoms with Crippen molar-refractivity contribution >= 4 is 83.1 Å². The molecule has 4 nitrogen and oxygen atoms in total. The van der Waals surface area contributed by atoms with Gasteiger partial charge in [-0.15, -0.1) is 0 Å². The molecule has 0 saturated heterocycles. The molecule has 4 heteroatoms. The minimum Gasteiger partial charge on any atom is -0.460 e. The van der Waals surface area contributed by atoms with Crippen molar-refractivity contribution in [1.82, 2.24) is 0 Å². The average Bonchev–Trinajstić information content (AvgIpc) is 4.02. The van der Waals surface area contributed by atoms with Crippen LogP contribution in [0.5, 0.6) is 0 Å². The van der Waals surface area contributed by atoms with E-state index in [1.807, 2.05) is 24.3 Å². The monoisotopic (exact) mass is 797 g/mol. The first kappa shape index (κ1) is 35.0. The lowest BCUT2D eigenvalue weighted by Gasteiger charge is -2.34. The molecule has 0 amide bonds. The highest BCUT2D eigenvalue weighted by Gasteiger charge is 2.31. The van der Waals surface area contributed by atoms with Gasteiger partial charge in [-0.2, -0.15) is 0 Å². The lowest BCUT2D eigenvalue weighted by molar-refractivity contribution is 0.513. The number of benzene rings is 8. The Hall–Kier alpha value is -7.82. The molecule has 0 saturated carbocycles. The first-order chi connectivity index (χ1) is 30.7. The van der Waals surface area contributed by atoms with Crippen LogP contribution in [-0.4, -0.2) is 0 Å². The first-order valence-corrected chi connectivity index (χ1v) is 21.6. The summed E-state index contributed by atoms with van der Waals surface area (Å²) < 4.78 is 19.5. The van der Waals surface area contributed by atoms with Crippen LogP contribution in [0.3, 0.4) is 0 Å². The summed E-state index contributed by atoms with van der Waals surface area (Å²) in [7, 11) is 0. The quantitative estimate of drug-likeness (QED) is 0.168. The van der Waals surface area contributed by atoms with E-state index in [0.717, 1.165) is 108 Å². The molecule has 0 N–H and O–H groups in total. The van der Waals surface area contributed by atoms with E-state index in [0.29, 0.717) is 0 Å². The Morgan fingerprint density at radius 1 is 0.419 bits per heavy atom. The molecule has 0 spiro atoms. The normalized spacial score (nSPS) is 15.2. The van der Waals surface area contributed by atoms with Crippen LogP contribution in [-0.2, 0) is 0 Å². The molecule has 1 unspecified atom stereocenters. The van der Waals surface area contributed by atoms with Crippen molar-refractivity contribution in [3.63, 3.8) is 0 Å². The second-order valence-corrected chi connectivity index (χ2v) is 16.7. The maximum absolute atomic E-state index is 6.88. The standard InChI is InChI=1S/C58H39NO3/c1-2-11-39-33-57-51(32-38(39)10-1)50-16-9-15-49(58(50)62-57)44-12-3-6-17-52(44)59(42-26-20-36(21-27-42)40-24-30-47-45-13-4-7-18-53(45)60-55(47)34-40)43-28-22-37(23-29-43)41-25-31-48-46-14-5-8-19-54(46)61-56(48)35-41/h1-5,7-14,16,18-35,49H,6,15,17H2. The first-order valence-electron chi connectivity index (χ1n) is 21.6. The van der Waals surface area contributed by atoms with Crippen molar-refractivity contribution in [3.05, 3.63) is 211 Å². The number of hydrogen-bond donors (Lipinski definition) is 0. The van der Waals surface area contributed by atoms with Crippen LogP contribution in [0.25, 0.3) is 93.9 Å². The third-order valence-corrected chi connectivity index (χ3v) is 13.1. The van der Waals surface area contributed by atoms with Crippen LogP contribution >= 0.6 is 0 Å². The molecule has 0 radical (unpaired) electrons. The van der Waals surface area contributed by atoms with E-state index in [2.05, 4.69) is 175 Å². The van der Waals surface area contributed by atoms with Gasteiger partial charge in [-0.05, 0) is 131 Å². The molecule has 3 aromatic heterocycles. The Bertz CT molecular complexity index is 3510. The third-order valence-electron chi connectivity index (χ3n) is 13.1. The molecule has 11 aromatic rings. The summed E-state index contributed by atoms with van der Waals surface area (Å²) in [5.41, 5.74) is 15.1. The summed E-state index contributed by atoms with van der Waals surface area (Å²) in [6, 6.07) is 60.7. The molecule has 8 aromatic carbocycles. The van der Waals surface area contributed by atoms with E-state index in [1.165, 1.54) is 33.0 Å². The summed E-state index contributed by atoms with van der Waals surface area (Å²) >= 11 is 0. The van der Waals surface area contributed by atoms with Crippen molar-refractivity contribution in [1.29, 1.82) is 0 Å². The average molecular weight is 798 g/mol. The van der Waals surface area contributed by atoms with Crippen LogP contribution in [0.15, 0.2) is 213 Å². The molecule has 3 heterocycles. The summed E-state index contributed by atoms with van der Waals surface area (Å²) in [6.07, 6.45) is 12.0. The van der Waals surface area contributed by atoms with Crippen molar-refractivity contribution < 1.29 is 13.3 Å². The zero-order valence-corrected chi connectivity index (χ0v) is 33.8. The number of furan rings is 3. The Labute approximate surface area is 357 Å². The van der Waals surface area contributed by atoms with Gasteiger partial charge in [-0.1, -0.05) is 121 Å². The molecule has 294 valence electrons. The van der Waals surface area contributed by atoms with E-state index in [9.17, 15) is 0 Å². The maximum atomic E-state index is 6.88. The highest BCUT2D eigenvalue weighted by molar-refractivity contribution is 6.07. The fraction of sp³-hybridized carbons (Fsp3) is 0.0690. The summed E-state index contributed by atoms with van der Waals surface area (Å²) in [5.74, 6) is 1.12. The summed E-state index contributed by atoms with van der Waals surface area (Å²) in [5, 5.41) is 8.15. The topological polar surface area (TPSA) is 42.7 Å². The Morgan fingerprint density at radius 3 is 1.58 bits per heavy atom. The zero-order valence-electron chi connectivity index (χ0n) is 33.8. The number of anilines is 2. The van der Waals surface area contributed by atoms with Crippen LogP contribution in [0.4, 0.5) is 11.4 Å². The number of rotatable bonds is 6. The number of para-hydroxylation sites is 2. The number of nitrogens with zero attached hydrogens (tertiary/aromatic N) is 1. The lowest BCUT2D eigenvalue weighted by atomic mass is 9.82. The molecule has 0 bridgehead atoms. The predicted octanol–water partition coefficient (Wildman–Crippen LogP) is 16.7. The summed E-state index contributed by atoms with van der Waals surface area (Å²) in [4.78, 5) is 2.48. The van der Waals surface area contributed by atoms with Gasteiger partial charge in [0, 0.05) is 55.5 Å². The number of fused-ring (bicyclic) bond motifs is 10. The van der Waals surface area contributed by atoms with E-state index in [1.54, 1.807) is 0 Å². The molecule has 13 rings (SSSR count). The molecule has 0 fully saturated rings. The molecule has 2 aliphatic carbocycles. The van der Waals surface area contributed by atoms with Crippen molar-refractivity contribution in [2.24, 2.45) is 0 Å². The van der Waals surface area contributed by atoms with Crippen LogP contribution in [0.1, 0.15) is 36.5 Å². The molecular weight excluding hydrogens is 759 g/mol. The van der Waals surface area contributed by atoms with Gasteiger partial charge in [0.2, 0.25) is 0 Å². The van der Waals surface area contributed by atoms with Gasteiger partial charge in [0.05, 0.1) is 0 Å². The second-order valence-electron chi connectivity index (χ2n) is 16.7. The third kappa shape index (κ3) is 5.60. The molecule has 62 heavy (non-hydrogen) atoms. The van der Waals surface area contributed by atoms with Gasteiger partial charge in [-0.25, -0.2) is 0 Å². The molecule has 0 aliphatic heterocycles. The SMILES string of the molecule is C1=CC(C2CC=Cc3c2oc2cc4ccccc4cc32)=C(N(c2ccc(-c3ccc4c(c3)oc3ccccc34)cc2)c2ccc(-c3ccc4c(c3)oc3ccccc34)cc2)CC1. The van der Waals surface area contributed by atoms with Gasteiger partial charge >= 0.3 is 0 Å². The van der Waals surface area contributed by atoms with Gasteiger partial charge in [0.25, 0.3) is 0 Å². The highest BCUT2D eigenvalue weighted by atomic mass is 16.3. The summed E-state index contributed by atoms with van der Waals surface area (Å²) in [6.45, 7) is 0. The van der Waals surface area contributed by atoms with E-state index < -0.39 is 0 Å². The van der Waals surface area contributed by atoms with Crippen molar-refractivity contribution in [2.75, 3.05) is 4.90 Å². The Kier molecular flexibility index (Phi) is 7.83. The fourth-order valence-electron chi connectivity index (χ4n) is 10.1. The Morgan fingerprint density at radius 2 is 0.952 bits per heavy atom. The zero-order chi connectivity index (χ0) is 40.7. The highest BCUT2D eigenvalue weighted by Crippen LogP contribution is 2.47. The van der Waals surface area contributed by atoms with E-state index >= 15 is 0 Å². The van der Waals surface area contributed by atoms with E-state index in [4.69, 9.17) is 13.3 Å². The Balaban J connectivity index is 0.928. The van der Waals surface area contributed by atoms with Crippen LogP contribution in [0.2, 0.25) is 0 Å². The molecular formula is C58H39NO3. The van der Waals surface area contributed by atoms with Gasteiger partial charge in [0.1, 0.15) is 33.7 Å². The number of allylic oxidation sites excluding steroid dienone is 5. The van der Waals surface area contributed by atoms with Crippen LogP contribution in [0, 0.1) is 0 Å². The molecule has 2 aliphatic rings. The van der Waals surface area contributed by atoms with Gasteiger partial charge < -0.3 is 18.2 Å². The maximum Gasteiger partial charge on any atom is 0.136 e. The largest absolute Gasteiger partial charge is 0.460 e. The van der Waals surface area contributed by atoms with Crippen molar-refractivity contribution in [3.8, 4) is 22.3 Å². The number of hydrogen-bond acceptors (Lipinski definition) is 4. The van der Waals surface area contributed by atoms with E-state index in [-0.39, 0.29) is 5.92 Å². The van der Waals surface area contributed by atoms with Gasteiger partial charge in [0.15, 0.2) is 0 Å². The van der Waals surface area contributed by atoms with Crippen molar-refractivity contribution in [2.45, 2.75) is 25.2 Å². The predicted molar refractivity (Wildman–Crippen MR) is 256 cm³/mol. The second kappa shape index (κ2) is 13.9. The fourth-order valence-corrected chi connectivity index (χ4v) is 10.1. The lowest BCUT2D eigenvalue weighted by Crippen LogP contribution is -2.22. The smallest absolute Gasteiger partial charge is 0.136 e. The molecule has 1 atom stereocenters. The minimum absolute atomic E-state index is 0.0733. The minimum atomic E-state index is 0.0733. The van der Waals surface area contributed by atoms with Crippen LogP contribution < -0.4 is 4.90 Å².